The number of benzene rings is 6. The second-order valence-electron chi connectivity index (χ2n) is 17.9. The van der Waals surface area contributed by atoms with Crippen LogP contribution in [0.1, 0.15) is 89.6 Å². The molecule has 2 aliphatic heterocycles. The summed E-state index contributed by atoms with van der Waals surface area (Å²) in [4.78, 5) is 25.2. The summed E-state index contributed by atoms with van der Waals surface area (Å²) < 4.78 is 24.5. The molecule has 2 aliphatic rings. The van der Waals surface area contributed by atoms with Crippen LogP contribution in [0.2, 0.25) is 0 Å². The lowest BCUT2D eigenvalue weighted by atomic mass is 9.70. The van der Waals surface area contributed by atoms with Gasteiger partial charge >= 0.3 is 20.4 Å². The third-order valence-corrected chi connectivity index (χ3v) is 14.1. The van der Waals surface area contributed by atoms with Gasteiger partial charge in [0.1, 0.15) is 24.7 Å². The van der Waals surface area contributed by atoms with Crippen molar-refractivity contribution in [1.29, 1.82) is 0 Å². The fourth-order valence-electron chi connectivity index (χ4n) is 8.19. The van der Waals surface area contributed by atoms with Crippen LogP contribution >= 0.6 is 16.7 Å². The minimum atomic E-state index is -1.31. The summed E-state index contributed by atoms with van der Waals surface area (Å²) in [6, 6.07) is 38.0. The molecule has 8 rings (SSSR count). The van der Waals surface area contributed by atoms with Crippen LogP contribution in [0.15, 0.2) is 109 Å². The van der Waals surface area contributed by atoms with E-state index in [1.54, 1.807) is 0 Å². The number of hydrogen-bond donors (Lipinski definition) is 3. The number of nitrogens with one attached hydrogen (secondary N) is 3. The van der Waals surface area contributed by atoms with Crippen molar-refractivity contribution in [1.82, 2.24) is 0 Å². The third kappa shape index (κ3) is 8.48. The maximum Gasteiger partial charge on any atom is 0.307 e. The van der Waals surface area contributed by atoms with E-state index in [1.807, 2.05) is 6.07 Å². The molecule has 0 aromatic heterocycles. The van der Waals surface area contributed by atoms with Gasteiger partial charge in [-0.3, -0.25) is 9.59 Å². The van der Waals surface area contributed by atoms with Gasteiger partial charge < -0.3 is 33.8 Å². The fourth-order valence-corrected chi connectivity index (χ4v) is 11.1. The summed E-state index contributed by atoms with van der Waals surface area (Å²) in [5, 5.41) is 15.7. The number of anilines is 3. The van der Waals surface area contributed by atoms with E-state index in [4.69, 9.17) is 18.5 Å². The standard InChI is InChI=1S/C49H53N3O6P2/c1-31(53)55-25-26-56-44(54)29-49(8,35-21-23-42(37(27-35)47(2,3)4)57-59-30-34-17-9-13-32-14-10-18-39(50-59)45(32)34)36-22-24-43(38(28-36)48(5,6)7)58-60-51-40-19-11-15-33-16-12-20-41(52-60)46(33)40/h9-24,27-28,50-52H,25-26,29-30H2,1-8H3. The Morgan fingerprint density at radius 2 is 1.10 bits per heavy atom. The van der Waals surface area contributed by atoms with Crippen LogP contribution in [-0.4, -0.2) is 25.2 Å². The second-order valence-corrected chi connectivity index (χ2v) is 20.6. The summed E-state index contributed by atoms with van der Waals surface area (Å²) in [6.45, 7) is 16.5. The molecule has 0 saturated carbocycles. The lowest BCUT2D eigenvalue weighted by Gasteiger charge is -2.35. The molecule has 0 saturated heterocycles. The quantitative estimate of drug-likeness (QED) is 0.0668. The molecule has 3 N–H and O–H groups in total. The van der Waals surface area contributed by atoms with Gasteiger partial charge in [-0.05, 0) is 68.6 Å². The first kappa shape index (κ1) is 41.4. The number of rotatable bonds is 11. The minimum absolute atomic E-state index is 0.00176. The van der Waals surface area contributed by atoms with Gasteiger partial charge in [-0.25, -0.2) is 0 Å². The monoisotopic (exact) mass is 841 g/mol. The maximum atomic E-state index is 13.8. The first-order valence-corrected chi connectivity index (χ1v) is 23.1. The van der Waals surface area contributed by atoms with Crippen LogP contribution in [0.25, 0.3) is 21.5 Å². The topological polar surface area (TPSA) is 107 Å². The highest BCUT2D eigenvalue weighted by Gasteiger charge is 2.37. The van der Waals surface area contributed by atoms with E-state index in [9.17, 15) is 9.59 Å². The lowest BCUT2D eigenvalue weighted by molar-refractivity contribution is -0.151. The lowest BCUT2D eigenvalue weighted by Crippen LogP contribution is -2.30. The largest absolute Gasteiger partial charge is 0.462 e. The smallest absolute Gasteiger partial charge is 0.307 e. The number of carbonyl (C=O) groups is 2. The Kier molecular flexibility index (Phi) is 11.2. The van der Waals surface area contributed by atoms with E-state index in [1.165, 1.54) is 23.3 Å². The molecule has 6 aromatic carbocycles. The average Bonchev–Trinajstić information content (AvgIpc) is 3.19. The molecule has 6 aromatic rings. The van der Waals surface area contributed by atoms with Gasteiger partial charge in [0, 0.05) is 46.1 Å². The van der Waals surface area contributed by atoms with Gasteiger partial charge in [0.2, 0.25) is 0 Å². The first-order valence-electron chi connectivity index (χ1n) is 20.4. The predicted molar refractivity (Wildman–Crippen MR) is 247 cm³/mol. The summed E-state index contributed by atoms with van der Waals surface area (Å²) in [6.07, 6.45) is 0.831. The Morgan fingerprint density at radius 3 is 1.65 bits per heavy atom. The molecule has 0 fully saturated rings. The first-order chi connectivity index (χ1) is 28.6. The van der Waals surface area contributed by atoms with Crippen LogP contribution in [-0.2, 0) is 41.5 Å². The number of ether oxygens (including phenoxy) is 2. The van der Waals surface area contributed by atoms with Crippen LogP contribution in [0, 0.1) is 0 Å². The Morgan fingerprint density at radius 1 is 0.600 bits per heavy atom. The van der Waals surface area contributed by atoms with Crippen LogP contribution < -0.4 is 24.3 Å². The molecule has 60 heavy (non-hydrogen) atoms. The van der Waals surface area contributed by atoms with Crippen molar-refractivity contribution >= 4 is 67.3 Å². The van der Waals surface area contributed by atoms with E-state index in [0.717, 1.165) is 67.7 Å². The third-order valence-electron chi connectivity index (χ3n) is 11.3. The molecule has 0 bridgehead atoms. The summed E-state index contributed by atoms with van der Waals surface area (Å²) in [7, 11) is -2.38. The van der Waals surface area contributed by atoms with Crippen molar-refractivity contribution in [2.24, 2.45) is 0 Å². The molecular formula is C49H53N3O6P2. The van der Waals surface area contributed by atoms with Gasteiger partial charge in [0.15, 0.2) is 8.30 Å². The SMILES string of the molecule is CC(=O)OCCOC(=O)CC(C)(c1ccc(OP2Cc3cccc4cccc(c34)N2)c(C(C)(C)C)c1)c1ccc(OP2Nc3cccc4cccc(c34)N2)c(C(C)(C)C)c1. The number of carbonyl (C=O) groups excluding carboxylic acids is 2. The van der Waals surface area contributed by atoms with Gasteiger partial charge in [-0.1, -0.05) is 127 Å². The maximum absolute atomic E-state index is 13.8. The highest BCUT2D eigenvalue weighted by molar-refractivity contribution is 7.56. The molecule has 0 radical (unpaired) electrons. The molecule has 310 valence electrons. The molecule has 9 nitrogen and oxygen atoms in total. The Hall–Kier alpha value is -5.36. The van der Waals surface area contributed by atoms with Gasteiger partial charge in [-0.2, -0.15) is 0 Å². The van der Waals surface area contributed by atoms with E-state index < -0.39 is 34.1 Å². The molecule has 2 unspecified atom stereocenters. The molecular weight excluding hydrogens is 789 g/mol. The normalized spacial score (nSPS) is 15.9. The molecule has 0 aliphatic carbocycles. The molecule has 2 atom stereocenters. The van der Waals surface area contributed by atoms with Crippen molar-refractivity contribution < 1.29 is 28.1 Å². The highest BCUT2D eigenvalue weighted by Crippen LogP contribution is 2.53. The average molecular weight is 842 g/mol. The minimum Gasteiger partial charge on any atom is -0.462 e. The van der Waals surface area contributed by atoms with Crippen molar-refractivity contribution in [2.75, 3.05) is 28.5 Å². The zero-order valence-corrected chi connectivity index (χ0v) is 37.4. The van der Waals surface area contributed by atoms with Crippen molar-refractivity contribution in [3.63, 3.8) is 0 Å². The van der Waals surface area contributed by atoms with E-state index >= 15 is 0 Å². The molecule has 2 heterocycles. The van der Waals surface area contributed by atoms with Crippen LogP contribution in [0.5, 0.6) is 11.5 Å². The van der Waals surface area contributed by atoms with Crippen molar-refractivity contribution in [3.8, 4) is 11.5 Å². The predicted octanol–water partition coefficient (Wildman–Crippen LogP) is 12.9. The summed E-state index contributed by atoms with van der Waals surface area (Å²) in [5.74, 6) is 0.759. The second kappa shape index (κ2) is 16.2. The Bertz CT molecular complexity index is 2380. The summed E-state index contributed by atoms with van der Waals surface area (Å²) >= 11 is 0. The zero-order chi connectivity index (χ0) is 42.4. The Labute approximate surface area is 355 Å². The highest BCUT2D eigenvalue weighted by atomic mass is 31.2. The Balaban J connectivity index is 1.14. The van der Waals surface area contributed by atoms with Gasteiger partial charge in [0.25, 0.3) is 0 Å². The van der Waals surface area contributed by atoms with Crippen LogP contribution in [0.4, 0.5) is 17.1 Å². The van der Waals surface area contributed by atoms with E-state index in [2.05, 4.69) is 167 Å². The number of esters is 2. The number of hydrogen-bond acceptors (Lipinski definition) is 9. The molecule has 0 amide bonds. The van der Waals surface area contributed by atoms with E-state index in [0.29, 0.717) is 0 Å². The summed E-state index contributed by atoms with van der Waals surface area (Å²) in [5.41, 5.74) is 6.95. The van der Waals surface area contributed by atoms with Crippen molar-refractivity contribution in [3.05, 3.63) is 137 Å². The fraction of sp³-hybridized carbons (Fsp3) is 0.306. The van der Waals surface area contributed by atoms with Gasteiger partial charge in [0.05, 0.1) is 17.8 Å². The molecule has 0 spiro atoms. The van der Waals surface area contributed by atoms with Crippen molar-refractivity contribution in [2.45, 2.75) is 84.2 Å². The molecule has 11 heteroatoms. The zero-order valence-electron chi connectivity index (χ0n) is 35.6. The van der Waals surface area contributed by atoms with Crippen LogP contribution in [0.3, 0.4) is 0 Å². The van der Waals surface area contributed by atoms with Gasteiger partial charge in [-0.15, -0.1) is 0 Å². The van der Waals surface area contributed by atoms with E-state index in [-0.39, 0.29) is 30.5 Å².